The number of carbonyl (C=O) groups excluding carboxylic acids is 1. The molecule has 2 unspecified atom stereocenters. The molecule has 2 heterocycles. The van der Waals surface area contributed by atoms with Crippen molar-refractivity contribution >= 4 is 23.5 Å². The van der Waals surface area contributed by atoms with Crippen LogP contribution in [0.2, 0.25) is 5.02 Å². The Morgan fingerprint density at radius 1 is 1.32 bits per heavy atom. The molecule has 1 aliphatic rings. The first-order valence-electron chi connectivity index (χ1n) is 8.81. The highest BCUT2D eigenvalue weighted by atomic mass is 35.5. The average molecular weight is 408 g/mol. The van der Waals surface area contributed by atoms with E-state index in [2.05, 4.69) is 0 Å². The van der Waals surface area contributed by atoms with Crippen molar-refractivity contribution in [2.75, 3.05) is 6.61 Å². The normalized spacial score (nSPS) is 19.7. The summed E-state index contributed by atoms with van der Waals surface area (Å²) in [5.74, 6) is -0.944. The number of fused-ring (bicyclic) bond motifs is 1. The molecule has 2 aromatic rings. The van der Waals surface area contributed by atoms with Gasteiger partial charge in [-0.2, -0.15) is 0 Å². The van der Waals surface area contributed by atoms with Gasteiger partial charge in [0.05, 0.1) is 25.0 Å². The lowest BCUT2D eigenvalue weighted by Gasteiger charge is -2.29. The van der Waals surface area contributed by atoms with Gasteiger partial charge < -0.3 is 23.9 Å². The van der Waals surface area contributed by atoms with Crippen LogP contribution >= 0.6 is 11.6 Å². The number of ether oxygens (including phenoxy) is 2. The summed E-state index contributed by atoms with van der Waals surface area (Å²) in [6, 6.07) is 6.75. The second-order valence-corrected chi connectivity index (χ2v) is 7.93. The van der Waals surface area contributed by atoms with Crippen molar-refractivity contribution < 1.29 is 28.6 Å². The van der Waals surface area contributed by atoms with Crippen LogP contribution < -0.4 is 4.74 Å². The Labute approximate surface area is 167 Å². The third-order valence-electron chi connectivity index (χ3n) is 4.21. The standard InChI is InChI=1S/C20H22ClNO6/c1-20(2,3)27-11-16-18(23)22(10-13-5-4-8-26-13)17(19(24)25)14-9-12(21)6-7-15(14)28-16/h4-9,16-17H,10-11H2,1-3H3,(H,24,25). The number of carboxylic acids is 1. The van der Waals surface area contributed by atoms with Crippen molar-refractivity contribution in [2.24, 2.45) is 0 Å². The van der Waals surface area contributed by atoms with E-state index in [0.29, 0.717) is 16.3 Å². The molecular formula is C20H22ClNO6. The van der Waals surface area contributed by atoms with Crippen LogP contribution in [0.3, 0.4) is 0 Å². The van der Waals surface area contributed by atoms with E-state index in [0.717, 1.165) is 0 Å². The molecule has 0 saturated heterocycles. The minimum Gasteiger partial charge on any atom is -0.479 e. The van der Waals surface area contributed by atoms with Crippen LogP contribution in [0.5, 0.6) is 5.75 Å². The zero-order chi connectivity index (χ0) is 20.5. The maximum absolute atomic E-state index is 13.2. The maximum atomic E-state index is 13.2. The number of amides is 1. The van der Waals surface area contributed by atoms with Crippen molar-refractivity contribution in [3.8, 4) is 5.75 Å². The molecule has 0 aliphatic carbocycles. The predicted molar refractivity (Wildman–Crippen MR) is 101 cm³/mol. The Bertz CT molecular complexity index is 858. The summed E-state index contributed by atoms with van der Waals surface area (Å²) in [7, 11) is 0. The zero-order valence-corrected chi connectivity index (χ0v) is 16.6. The second kappa shape index (κ2) is 7.85. The van der Waals surface area contributed by atoms with Gasteiger partial charge in [-0.1, -0.05) is 11.6 Å². The van der Waals surface area contributed by atoms with E-state index in [9.17, 15) is 14.7 Å². The summed E-state index contributed by atoms with van der Waals surface area (Å²) in [6.07, 6.45) is 0.466. The van der Waals surface area contributed by atoms with Gasteiger partial charge in [0.1, 0.15) is 11.5 Å². The highest BCUT2D eigenvalue weighted by Crippen LogP contribution is 2.37. The molecule has 8 heteroatoms. The first-order chi connectivity index (χ1) is 13.2. The van der Waals surface area contributed by atoms with Crippen molar-refractivity contribution in [1.82, 2.24) is 4.90 Å². The molecule has 0 bridgehead atoms. The molecule has 0 spiro atoms. The summed E-state index contributed by atoms with van der Waals surface area (Å²) in [5, 5.41) is 10.3. The van der Waals surface area contributed by atoms with E-state index in [-0.39, 0.29) is 18.9 Å². The van der Waals surface area contributed by atoms with E-state index in [1.165, 1.54) is 17.2 Å². The summed E-state index contributed by atoms with van der Waals surface area (Å²) >= 11 is 6.09. The average Bonchev–Trinajstić information content (AvgIpc) is 3.07. The Morgan fingerprint density at radius 3 is 2.68 bits per heavy atom. The summed E-state index contributed by atoms with van der Waals surface area (Å²) in [6.45, 7) is 5.54. The molecule has 1 amide bonds. The fourth-order valence-electron chi connectivity index (χ4n) is 2.96. The number of halogens is 1. The molecular weight excluding hydrogens is 386 g/mol. The van der Waals surface area contributed by atoms with Gasteiger partial charge in [-0.05, 0) is 51.1 Å². The van der Waals surface area contributed by atoms with Gasteiger partial charge >= 0.3 is 5.97 Å². The van der Waals surface area contributed by atoms with Crippen molar-refractivity contribution in [1.29, 1.82) is 0 Å². The molecule has 0 radical (unpaired) electrons. The van der Waals surface area contributed by atoms with Crippen molar-refractivity contribution in [3.05, 3.63) is 52.9 Å². The van der Waals surface area contributed by atoms with E-state index in [1.807, 2.05) is 20.8 Å². The molecule has 1 N–H and O–H groups in total. The monoisotopic (exact) mass is 407 g/mol. The molecule has 3 rings (SSSR count). The van der Waals surface area contributed by atoms with Gasteiger partial charge in [0.15, 0.2) is 12.1 Å². The smallest absolute Gasteiger partial charge is 0.331 e. The van der Waals surface area contributed by atoms with E-state index >= 15 is 0 Å². The lowest BCUT2D eigenvalue weighted by atomic mass is 10.0. The highest BCUT2D eigenvalue weighted by Gasteiger charge is 2.42. The summed E-state index contributed by atoms with van der Waals surface area (Å²) in [5.41, 5.74) is -0.185. The van der Waals surface area contributed by atoms with E-state index in [1.54, 1.807) is 24.3 Å². The topological polar surface area (TPSA) is 89.2 Å². The molecule has 0 saturated carbocycles. The zero-order valence-electron chi connectivity index (χ0n) is 15.8. The Balaban J connectivity index is 2.04. The van der Waals surface area contributed by atoms with Gasteiger partial charge in [-0.3, -0.25) is 4.79 Å². The number of benzene rings is 1. The molecule has 28 heavy (non-hydrogen) atoms. The fourth-order valence-corrected chi connectivity index (χ4v) is 3.14. The number of aliphatic carboxylic acids is 1. The third-order valence-corrected chi connectivity index (χ3v) is 4.45. The predicted octanol–water partition coefficient (Wildman–Crippen LogP) is 3.66. The number of hydrogen-bond donors (Lipinski definition) is 1. The van der Waals surface area contributed by atoms with E-state index in [4.69, 9.17) is 25.5 Å². The largest absolute Gasteiger partial charge is 0.479 e. The van der Waals surface area contributed by atoms with Gasteiger partial charge in [-0.15, -0.1) is 0 Å². The van der Waals surface area contributed by atoms with Crippen LogP contribution in [0.4, 0.5) is 0 Å². The Morgan fingerprint density at radius 2 is 2.07 bits per heavy atom. The molecule has 150 valence electrons. The number of rotatable bonds is 5. The lowest BCUT2D eigenvalue weighted by Crippen LogP contribution is -2.46. The van der Waals surface area contributed by atoms with E-state index < -0.39 is 29.6 Å². The summed E-state index contributed by atoms with van der Waals surface area (Å²) in [4.78, 5) is 26.6. The number of carbonyl (C=O) groups is 2. The van der Waals surface area contributed by atoms with Crippen LogP contribution in [0, 0.1) is 0 Å². The van der Waals surface area contributed by atoms with Crippen molar-refractivity contribution in [3.63, 3.8) is 0 Å². The van der Waals surface area contributed by atoms with Gasteiger partial charge in [0.25, 0.3) is 5.91 Å². The Hall–Kier alpha value is -2.51. The number of hydrogen-bond acceptors (Lipinski definition) is 5. The number of carboxylic acid groups (broad SMARTS) is 1. The second-order valence-electron chi connectivity index (χ2n) is 7.50. The minimum atomic E-state index is -1.27. The maximum Gasteiger partial charge on any atom is 0.331 e. The van der Waals surface area contributed by atoms with Crippen LogP contribution in [0.1, 0.15) is 38.1 Å². The lowest BCUT2D eigenvalue weighted by molar-refractivity contribution is -0.156. The molecule has 1 aromatic heterocycles. The molecule has 7 nitrogen and oxygen atoms in total. The first kappa shape index (κ1) is 20.2. The first-order valence-corrected chi connectivity index (χ1v) is 9.19. The Kier molecular flexibility index (Phi) is 5.67. The SMILES string of the molecule is CC(C)(C)OCC1Oc2ccc(Cl)cc2C(C(=O)O)N(Cc2ccco2)C1=O. The van der Waals surface area contributed by atoms with Crippen LogP contribution in [-0.4, -0.2) is 40.2 Å². The van der Waals surface area contributed by atoms with Gasteiger partial charge in [0.2, 0.25) is 0 Å². The highest BCUT2D eigenvalue weighted by molar-refractivity contribution is 6.30. The number of nitrogens with zero attached hydrogens (tertiary/aromatic N) is 1. The molecule has 2 atom stereocenters. The van der Waals surface area contributed by atoms with Crippen molar-refractivity contribution in [2.45, 2.75) is 45.1 Å². The van der Waals surface area contributed by atoms with Crippen LogP contribution in [0.25, 0.3) is 0 Å². The molecule has 0 fully saturated rings. The minimum absolute atomic E-state index is 0.0224. The fraction of sp³-hybridized carbons (Fsp3) is 0.400. The van der Waals surface area contributed by atoms with Gasteiger partial charge in [-0.25, -0.2) is 4.79 Å². The summed E-state index contributed by atoms with van der Waals surface area (Å²) < 4.78 is 17.0. The molecule has 1 aliphatic heterocycles. The number of furan rings is 1. The quantitative estimate of drug-likeness (QED) is 0.813. The third kappa shape index (κ3) is 4.48. The van der Waals surface area contributed by atoms with Gasteiger partial charge in [0, 0.05) is 10.6 Å². The van der Waals surface area contributed by atoms with Crippen LogP contribution in [-0.2, 0) is 20.9 Å². The molecule has 1 aromatic carbocycles. The van der Waals surface area contributed by atoms with Crippen LogP contribution in [0.15, 0.2) is 41.0 Å².